The van der Waals surface area contributed by atoms with Crippen LogP contribution in [-0.4, -0.2) is 59.9 Å². The third-order valence-electron chi connectivity index (χ3n) is 5.58. The van der Waals surface area contributed by atoms with Gasteiger partial charge in [0.2, 0.25) is 0 Å². The molecule has 9 heteroatoms. The van der Waals surface area contributed by atoms with E-state index in [1.165, 1.54) is 5.69 Å². The van der Waals surface area contributed by atoms with Crippen molar-refractivity contribution in [3.05, 3.63) is 54.1 Å². The number of aryl methyl sites for hydroxylation is 2. The summed E-state index contributed by atoms with van der Waals surface area (Å²) in [5.74, 6) is 3.38. The molecule has 0 saturated carbocycles. The van der Waals surface area contributed by atoms with Crippen LogP contribution in [0.25, 0.3) is 16.6 Å². The number of fused-ring (bicyclic) bond motifs is 2. The van der Waals surface area contributed by atoms with E-state index in [2.05, 4.69) is 36.9 Å². The van der Waals surface area contributed by atoms with E-state index in [0.29, 0.717) is 0 Å². The van der Waals surface area contributed by atoms with Crippen molar-refractivity contribution in [2.45, 2.75) is 25.7 Å². The second-order valence-corrected chi connectivity index (χ2v) is 7.76. The van der Waals surface area contributed by atoms with Crippen molar-refractivity contribution in [2.24, 2.45) is 4.99 Å². The molecule has 9 nitrogen and oxygen atoms in total. The van der Waals surface area contributed by atoms with Crippen LogP contribution in [0.2, 0.25) is 0 Å². The Morgan fingerprint density at radius 2 is 1.85 bits per heavy atom. The fraction of sp³-hybridized carbons (Fsp3) is 0.375. The summed E-state index contributed by atoms with van der Waals surface area (Å²) in [6.07, 6.45) is 5.68. The fourth-order valence-electron chi connectivity index (χ4n) is 3.88. The summed E-state index contributed by atoms with van der Waals surface area (Å²) in [5, 5.41) is 16.3. The number of guanidine groups is 1. The monoisotopic (exact) mass is 449 g/mol. The molecule has 0 radical (unpaired) electrons. The number of H-pyrrole nitrogens is 1. The lowest BCUT2D eigenvalue weighted by atomic mass is 10.2. The average Bonchev–Trinajstić information content (AvgIpc) is 3.46. The Balaban J connectivity index is 1.20. The van der Waals surface area contributed by atoms with Gasteiger partial charge in [-0.1, -0.05) is 6.07 Å². The molecule has 4 rings (SSSR count). The Morgan fingerprint density at radius 1 is 1.03 bits per heavy atom. The van der Waals surface area contributed by atoms with Crippen LogP contribution in [0.5, 0.6) is 11.5 Å². The van der Waals surface area contributed by atoms with Crippen LogP contribution in [0.4, 0.5) is 0 Å². The molecule has 0 amide bonds. The summed E-state index contributed by atoms with van der Waals surface area (Å²) in [6.45, 7) is 1.63. The summed E-state index contributed by atoms with van der Waals surface area (Å²) in [7, 11) is 5.13. The maximum absolute atomic E-state index is 5.50. The molecule has 0 atom stereocenters. The van der Waals surface area contributed by atoms with Crippen LogP contribution in [-0.2, 0) is 12.8 Å². The number of rotatable bonds is 10. The summed E-state index contributed by atoms with van der Waals surface area (Å²) >= 11 is 0. The number of hydrogen-bond acceptors (Lipinski definition) is 5. The molecule has 3 N–H and O–H groups in total. The molecule has 4 aromatic rings. The molecule has 33 heavy (non-hydrogen) atoms. The minimum Gasteiger partial charge on any atom is -0.497 e. The standard InChI is InChI=1S/C24H31N7O2/c1-25-24(27-12-7-10-23-30-29-22-9-4-5-13-31(22)23)26-11-6-8-17-14-19-20(28-17)15-18(32-2)16-21(19)33-3/h4-5,9,13-16,28H,6-8,10-12H2,1-3H3,(H2,25,26,27). The molecular formula is C24H31N7O2. The zero-order valence-corrected chi connectivity index (χ0v) is 19.4. The van der Waals surface area contributed by atoms with E-state index < -0.39 is 0 Å². The quantitative estimate of drug-likeness (QED) is 0.196. The molecule has 0 aliphatic heterocycles. The Morgan fingerprint density at radius 3 is 2.61 bits per heavy atom. The molecule has 0 aliphatic carbocycles. The summed E-state index contributed by atoms with van der Waals surface area (Å²) in [4.78, 5) is 7.78. The van der Waals surface area contributed by atoms with Crippen LogP contribution in [0.15, 0.2) is 47.6 Å². The highest BCUT2D eigenvalue weighted by molar-refractivity contribution is 5.88. The van der Waals surface area contributed by atoms with E-state index in [1.807, 2.05) is 40.9 Å². The third kappa shape index (κ3) is 5.36. The number of methoxy groups -OCH3 is 2. The minimum absolute atomic E-state index is 0.779. The van der Waals surface area contributed by atoms with Gasteiger partial charge in [0.05, 0.1) is 19.7 Å². The molecule has 0 spiro atoms. The third-order valence-corrected chi connectivity index (χ3v) is 5.58. The van der Waals surface area contributed by atoms with Crippen molar-refractivity contribution >= 4 is 22.5 Å². The Hall–Kier alpha value is -3.75. The Bertz CT molecular complexity index is 1230. The number of aromatic amines is 1. The van der Waals surface area contributed by atoms with Gasteiger partial charge in [-0.15, -0.1) is 10.2 Å². The van der Waals surface area contributed by atoms with Gasteiger partial charge in [0.15, 0.2) is 11.6 Å². The van der Waals surface area contributed by atoms with Crippen molar-refractivity contribution < 1.29 is 9.47 Å². The average molecular weight is 450 g/mol. The molecule has 0 aliphatic rings. The van der Waals surface area contributed by atoms with E-state index in [4.69, 9.17) is 9.47 Å². The van der Waals surface area contributed by atoms with Crippen LogP contribution >= 0.6 is 0 Å². The first kappa shape index (κ1) is 22.4. The zero-order valence-electron chi connectivity index (χ0n) is 19.4. The normalized spacial score (nSPS) is 11.8. The van der Waals surface area contributed by atoms with Crippen LogP contribution in [0.1, 0.15) is 24.4 Å². The topological polar surface area (TPSA) is 101 Å². The SMILES string of the molecule is CN=C(NCCCc1cc2c(OC)cc(OC)cc2[nH]1)NCCCc1nnc2ccccn12. The molecule has 3 heterocycles. The van der Waals surface area contributed by atoms with Crippen LogP contribution in [0.3, 0.4) is 0 Å². The maximum Gasteiger partial charge on any atom is 0.190 e. The van der Waals surface area contributed by atoms with Crippen molar-refractivity contribution in [3.63, 3.8) is 0 Å². The first-order valence-corrected chi connectivity index (χ1v) is 11.2. The lowest BCUT2D eigenvalue weighted by Gasteiger charge is -2.11. The molecule has 0 bridgehead atoms. The molecule has 174 valence electrons. The van der Waals surface area contributed by atoms with Gasteiger partial charge in [0.25, 0.3) is 0 Å². The van der Waals surface area contributed by atoms with Gasteiger partial charge >= 0.3 is 0 Å². The van der Waals surface area contributed by atoms with E-state index in [9.17, 15) is 0 Å². The molecule has 0 saturated heterocycles. The lowest BCUT2D eigenvalue weighted by Crippen LogP contribution is -2.38. The zero-order chi connectivity index (χ0) is 23.0. The van der Waals surface area contributed by atoms with Crippen molar-refractivity contribution in [3.8, 4) is 11.5 Å². The second kappa shape index (κ2) is 10.7. The van der Waals surface area contributed by atoms with E-state index in [1.54, 1.807) is 21.3 Å². The summed E-state index contributed by atoms with van der Waals surface area (Å²) in [6, 6.07) is 12.0. The highest BCUT2D eigenvalue weighted by Gasteiger charge is 2.09. The number of aromatic nitrogens is 4. The van der Waals surface area contributed by atoms with Gasteiger partial charge in [0, 0.05) is 56.0 Å². The molecule has 3 aromatic heterocycles. The van der Waals surface area contributed by atoms with E-state index >= 15 is 0 Å². The van der Waals surface area contributed by atoms with Gasteiger partial charge in [-0.25, -0.2) is 0 Å². The van der Waals surface area contributed by atoms with E-state index in [-0.39, 0.29) is 0 Å². The number of pyridine rings is 1. The number of hydrogen-bond donors (Lipinski definition) is 3. The van der Waals surface area contributed by atoms with E-state index in [0.717, 1.165) is 78.6 Å². The number of nitrogens with zero attached hydrogens (tertiary/aromatic N) is 4. The van der Waals surface area contributed by atoms with Gasteiger partial charge in [-0.3, -0.25) is 9.39 Å². The van der Waals surface area contributed by atoms with Crippen molar-refractivity contribution in [1.29, 1.82) is 0 Å². The van der Waals surface area contributed by atoms with Gasteiger partial charge in [0.1, 0.15) is 17.3 Å². The van der Waals surface area contributed by atoms with Crippen molar-refractivity contribution in [2.75, 3.05) is 34.4 Å². The van der Waals surface area contributed by atoms with Gasteiger partial charge in [-0.05, 0) is 37.5 Å². The smallest absolute Gasteiger partial charge is 0.190 e. The van der Waals surface area contributed by atoms with Gasteiger partial charge in [-0.2, -0.15) is 0 Å². The molecule has 1 aromatic carbocycles. The number of nitrogens with one attached hydrogen (secondary N) is 3. The second-order valence-electron chi connectivity index (χ2n) is 7.76. The fourth-order valence-corrected chi connectivity index (χ4v) is 3.88. The predicted octanol–water partition coefficient (Wildman–Crippen LogP) is 2.96. The molecule has 0 fully saturated rings. The molecular weight excluding hydrogens is 418 g/mol. The number of ether oxygens (including phenoxy) is 2. The Kier molecular flexibility index (Phi) is 7.29. The van der Waals surface area contributed by atoms with Gasteiger partial charge < -0.3 is 25.1 Å². The highest BCUT2D eigenvalue weighted by Crippen LogP contribution is 2.31. The first-order chi connectivity index (χ1) is 16.2. The predicted molar refractivity (Wildman–Crippen MR) is 130 cm³/mol. The summed E-state index contributed by atoms with van der Waals surface area (Å²) in [5.41, 5.74) is 3.07. The summed E-state index contributed by atoms with van der Waals surface area (Å²) < 4.78 is 12.9. The van der Waals surface area contributed by atoms with Crippen LogP contribution < -0.4 is 20.1 Å². The highest BCUT2D eigenvalue weighted by atomic mass is 16.5. The van der Waals surface area contributed by atoms with Crippen LogP contribution in [0, 0.1) is 0 Å². The lowest BCUT2D eigenvalue weighted by molar-refractivity contribution is 0.398. The largest absolute Gasteiger partial charge is 0.497 e. The first-order valence-electron chi connectivity index (χ1n) is 11.2. The maximum atomic E-state index is 5.50. The number of aliphatic imine (C=N–C) groups is 1. The minimum atomic E-state index is 0.779. The molecule has 0 unspecified atom stereocenters. The Labute approximate surface area is 193 Å². The van der Waals surface area contributed by atoms with Crippen molar-refractivity contribution in [1.82, 2.24) is 30.2 Å². The number of benzene rings is 1.